The number of aromatic nitrogens is 1. The molecule has 0 atom stereocenters. The number of benzene rings is 7. The lowest BCUT2D eigenvalue weighted by Crippen LogP contribution is -2.09. The summed E-state index contributed by atoms with van der Waals surface area (Å²) in [4.78, 5) is 2.29. The second-order valence-corrected chi connectivity index (χ2v) is 10.6. The second kappa shape index (κ2) is 10.1. The van der Waals surface area contributed by atoms with Crippen LogP contribution < -0.4 is 4.90 Å². The highest BCUT2D eigenvalue weighted by molar-refractivity contribution is 6.21. The Labute approximate surface area is 245 Å². The van der Waals surface area contributed by atoms with Crippen molar-refractivity contribution in [1.82, 2.24) is 4.57 Å². The van der Waals surface area contributed by atoms with Crippen LogP contribution >= 0.6 is 0 Å². The van der Waals surface area contributed by atoms with Gasteiger partial charge < -0.3 is 9.47 Å². The van der Waals surface area contributed by atoms with E-state index in [0.29, 0.717) is 0 Å². The minimum absolute atomic E-state index is 1.13. The third-order valence-electron chi connectivity index (χ3n) is 8.18. The largest absolute Gasteiger partial charge is 0.311 e. The molecule has 0 radical (unpaired) electrons. The molecule has 198 valence electrons. The molecule has 0 saturated carbocycles. The maximum Gasteiger partial charge on any atom is 0.0547 e. The van der Waals surface area contributed by atoms with Crippen molar-refractivity contribution < 1.29 is 0 Å². The Morgan fingerprint density at radius 1 is 0.357 bits per heavy atom. The van der Waals surface area contributed by atoms with E-state index in [1.165, 1.54) is 43.7 Å². The first-order valence-corrected chi connectivity index (χ1v) is 14.4. The van der Waals surface area contributed by atoms with Crippen molar-refractivity contribution in [1.29, 1.82) is 0 Å². The van der Waals surface area contributed by atoms with Crippen LogP contribution in [0.1, 0.15) is 0 Å². The molecule has 0 aliphatic carbocycles. The van der Waals surface area contributed by atoms with Gasteiger partial charge in [-0.05, 0) is 82.6 Å². The number of hydrogen-bond donors (Lipinski definition) is 0. The van der Waals surface area contributed by atoms with E-state index < -0.39 is 0 Å². The molecule has 42 heavy (non-hydrogen) atoms. The summed E-state index contributed by atoms with van der Waals surface area (Å²) in [5, 5.41) is 5.15. The Balaban J connectivity index is 1.18. The first-order chi connectivity index (χ1) is 20.8. The maximum absolute atomic E-state index is 2.39. The van der Waals surface area contributed by atoms with E-state index in [2.05, 4.69) is 179 Å². The minimum atomic E-state index is 1.13. The highest BCUT2D eigenvalue weighted by atomic mass is 15.1. The molecule has 7 aromatic carbocycles. The lowest BCUT2D eigenvalue weighted by molar-refractivity contribution is 1.18. The quantitative estimate of drug-likeness (QED) is 0.212. The third kappa shape index (κ3) is 4.05. The van der Waals surface area contributed by atoms with Gasteiger partial charge in [0.05, 0.1) is 11.0 Å². The van der Waals surface area contributed by atoms with Crippen LogP contribution in [0.3, 0.4) is 0 Å². The lowest BCUT2D eigenvalue weighted by Gasteiger charge is -2.25. The Bertz CT molecular complexity index is 2120. The van der Waals surface area contributed by atoms with Crippen LogP contribution in [0, 0.1) is 0 Å². The summed E-state index contributed by atoms with van der Waals surface area (Å²) >= 11 is 0. The molecule has 8 aromatic rings. The van der Waals surface area contributed by atoms with Crippen LogP contribution in [0.5, 0.6) is 0 Å². The van der Waals surface area contributed by atoms with Crippen molar-refractivity contribution in [2.45, 2.75) is 0 Å². The molecule has 0 fully saturated rings. The summed E-state index contributed by atoms with van der Waals surface area (Å²) in [6.07, 6.45) is 0. The van der Waals surface area contributed by atoms with Gasteiger partial charge in [0, 0.05) is 33.5 Å². The van der Waals surface area contributed by atoms with Crippen molar-refractivity contribution in [3.63, 3.8) is 0 Å². The molecule has 0 N–H and O–H groups in total. The highest BCUT2D eigenvalue weighted by Gasteiger charge is 2.15. The van der Waals surface area contributed by atoms with E-state index in [-0.39, 0.29) is 0 Å². The molecule has 0 spiro atoms. The monoisotopic (exact) mass is 536 g/mol. The number of nitrogens with zero attached hydrogens (tertiary/aromatic N) is 2. The number of anilines is 3. The fraction of sp³-hybridized carbons (Fsp3) is 0. The van der Waals surface area contributed by atoms with Gasteiger partial charge >= 0.3 is 0 Å². The smallest absolute Gasteiger partial charge is 0.0547 e. The lowest BCUT2D eigenvalue weighted by atomic mass is 10.0. The first-order valence-electron chi connectivity index (χ1n) is 14.4. The zero-order chi connectivity index (χ0) is 27.9. The van der Waals surface area contributed by atoms with Gasteiger partial charge in [-0.1, -0.05) is 109 Å². The fourth-order valence-electron chi connectivity index (χ4n) is 6.22. The molecule has 8 rings (SSSR count). The minimum Gasteiger partial charge on any atom is -0.311 e. The topological polar surface area (TPSA) is 8.17 Å². The summed E-state index contributed by atoms with van der Waals surface area (Å²) in [7, 11) is 0. The molecule has 0 saturated heterocycles. The van der Waals surface area contributed by atoms with Gasteiger partial charge in [-0.25, -0.2) is 0 Å². The number of fused-ring (bicyclic) bond motifs is 5. The maximum atomic E-state index is 2.39. The van der Waals surface area contributed by atoms with Crippen molar-refractivity contribution >= 4 is 49.6 Å². The van der Waals surface area contributed by atoms with Gasteiger partial charge in [-0.2, -0.15) is 0 Å². The summed E-state index contributed by atoms with van der Waals surface area (Å²) in [5.41, 5.74) is 9.42. The van der Waals surface area contributed by atoms with E-state index >= 15 is 0 Å². The van der Waals surface area contributed by atoms with Gasteiger partial charge in [-0.3, -0.25) is 0 Å². The summed E-state index contributed by atoms with van der Waals surface area (Å²) in [6.45, 7) is 0. The zero-order valence-corrected chi connectivity index (χ0v) is 23.1. The molecule has 0 aliphatic rings. The van der Waals surface area contributed by atoms with Crippen LogP contribution in [0.4, 0.5) is 17.1 Å². The molecule has 0 bridgehead atoms. The number of rotatable bonds is 5. The number of hydrogen-bond acceptors (Lipinski definition) is 1. The van der Waals surface area contributed by atoms with Crippen LogP contribution in [0.25, 0.3) is 49.4 Å². The molecular formula is C40H28N2. The van der Waals surface area contributed by atoms with E-state index in [4.69, 9.17) is 0 Å². The van der Waals surface area contributed by atoms with Gasteiger partial charge in [0.1, 0.15) is 0 Å². The molecule has 1 aromatic heterocycles. The Hall–Kier alpha value is -5.60. The second-order valence-electron chi connectivity index (χ2n) is 10.6. The van der Waals surface area contributed by atoms with E-state index in [1.807, 2.05) is 0 Å². The van der Waals surface area contributed by atoms with Crippen LogP contribution in [0.15, 0.2) is 170 Å². The van der Waals surface area contributed by atoms with Crippen molar-refractivity contribution in [2.75, 3.05) is 4.90 Å². The van der Waals surface area contributed by atoms with Crippen LogP contribution in [-0.4, -0.2) is 4.57 Å². The summed E-state index contributed by atoms with van der Waals surface area (Å²) in [5.74, 6) is 0. The Kier molecular flexibility index (Phi) is 5.82. The Morgan fingerprint density at radius 2 is 0.881 bits per heavy atom. The molecular weight excluding hydrogens is 508 g/mol. The fourth-order valence-corrected chi connectivity index (χ4v) is 6.22. The van der Waals surface area contributed by atoms with E-state index in [0.717, 1.165) is 22.7 Å². The van der Waals surface area contributed by atoms with Gasteiger partial charge in [0.2, 0.25) is 0 Å². The molecule has 0 aliphatic heterocycles. The predicted octanol–water partition coefficient (Wildman–Crippen LogP) is 11.1. The van der Waals surface area contributed by atoms with Crippen LogP contribution in [-0.2, 0) is 0 Å². The molecule has 0 amide bonds. The summed E-state index contributed by atoms with van der Waals surface area (Å²) < 4.78 is 2.39. The van der Waals surface area contributed by atoms with Gasteiger partial charge in [0.15, 0.2) is 0 Å². The highest BCUT2D eigenvalue weighted by Crippen LogP contribution is 2.38. The Morgan fingerprint density at radius 3 is 1.55 bits per heavy atom. The average Bonchev–Trinajstić information content (AvgIpc) is 3.41. The first kappa shape index (κ1) is 24.2. The average molecular weight is 537 g/mol. The summed E-state index contributed by atoms with van der Waals surface area (Å²) in [6, 6.07) is 60.7. The predicted molar refractivity (Wildman–Crippen MR) is 178 cm³/mol. The normalized spacial score (nSPS) is 11.3. The molecule has 2 nitrogen and oxygen atoms in total. The van der Waals surface area contributed by atoms with Crippen molar-refractivity contribution in [3.05, 3.63) is 170 Å². The van der Waals surface area contributed by atoms with E-state index in [1.54, 1.807) is 0 Å². The third-order valence-corrected chi connectivity index (χ3v) is 8.18. The SMILES string of the molecule is c1ccc(N(c2ccccc2)c2ccc(-c3ccc(-n4c5ccccc5c5c6ccccc6ccc54)cc3)cc2)cc1. The molecule has 0 unspecified atom stereocenters. The molecule has 2 heteroatoms. The standard InChI is InChI=1S/C40H28N2/c1-3-12-32(13-4-1)41(33-14-5-2-6-15-33)34-24-19-29(20-25-34)30-21-26-35(27-22-30)42-38-18-10-9-17-37(38)40-36-16-8-7-11-31(36)23-28-39(40)42/h1-28H. The van der Waals surface area contributed by atoms with E-state index in [9.17, 15) is 0 Å². The number of para-hydroxylation sites is 3. The van der Waals surface area contributed by atoms with Crippen molar-refractivity contribution in [3.8, 4) is 16.8 Å². The van der Waals surface area contributed by atoms with Gasteiger partial charge in [-0.15, -0.1) is 0 Å². The molecule has 1 heterocycles. The zero-order valence-electron chi connectivity index (χ0n) is 23.1. The van der Waals surface area contributed by atoms with Gasteiger partial charge in [0.25, 0.3) is 0 Å². The van der Waals surface area contributed by atoms with Crippen molar-refractivity contribution in [2.24, 2.45) is 0 Å². The van der Waals surface area contributed by atoms with Crippen LogP contribution in [0.2, 0.25) is 0 Å².